The first-order valence-corrected chi connectivity index (χ1v) is 5.55. The van der Waals surface area contributed by atoms with E-state index in [0.29, 0.717) is 12.8 Å². The molecule has 1 aromatic carbocycles. The van der Waals surface area contributed by atoms with Crippen LogP contribution in [0.1, 0.15) is 18.9 Å². The Morgan fingerprint density at radius 3 is 2.67 bits per heavy atom. The predicted octanol–water partition coefficient (Wildman–Crippen LogP) is 0.926. The van der Waals surface area contributed by atoms with Crippen LogP contribution in [0.5, 0.6) is 5.75 Å². The number of nitrogen functional groups attached to an aromatic ring is 1. The maximum Gasteiger partial charge on any atom is 0.405 e. The third-order valence-electron chi connectivity index (χ3n) is 2.82. The van der Waals surface area contributed by atoms with Crippen molar-refractivity contribution < 1.29 is 20.1 Å². The molecule has 6 N–H and O–H groups in total. The number of nitrogens with two attached hydrogens (primary N) is 1. The molecule has 0 aliphatic rings. The van der Waals surface area contributed by atoms with Crippen molar-refractivity contribution in [1.82, 2.24) is 5.32 Å². The minimum Gasteiger partial charge on any atom is -0.506 e. The van der Waals surface area contributed by atoms with Gasteiger partial charge in [0.2, 0.25) is 0 Å². The summed E-state index contributed by atoms with van der Waals surface area (Å²) < 4.78 is 0. The van der Waals surface area contributed by atoms with Crippen LogP contribution >= 0.6 is 0 Å². The molecule has 0 aliphatic heterocycles. The number of rotatable bonds is 5. The maximum atomic E-state index is 10.6. The number of aryl methyl sites for hydroxylation is 1. The van der Waals surface area contributed by atoms with Gasteiger partial charge >= 0.3 is 6.09 Å². The van der Waals surface area contributed by atoms with Crippen LogP contribution in [0, 0.1) is 0 Å². The lowest BCUT2D eigenvalue weighted by atomic mass is 9.94. The molecule has 0 heterocycles. The van der Waals surface area contributed by atoms with Gasteiger partial charge in [-0.3, -0.25) is 0 Å². The van der Waals surface area contributed by atoms with E-state index in [4.69, 9.17) is 10.8 Å². The molecule has 0 unspecified atom stereocenters. The number of phenolic OH excluding ortho intramolecular Hbond substituents is 1. The number of nitrogens with one attached hydrogen (secondary N) is 1. The molecule has 100 valence electrons. The minimum atomic E-state index is -1.17. The molecule has 1 aromatic rings. The summed E-state index contributed by atoms with van der Waals surface area (Å²) in [6, 6.07) is 4.84. The quantitative estimate of drug-likeness (QED) is 0.396. The first kappa shape index (κ1) is 14.1. The van der Waals surface area contributed by atoms with Gasteiger partial charge in [-0.15, -0.1) is 0 Å². The van der Waals surface area contributed by atoms with Gasteiger partial charge in [0.05, 0.1) is 17.8 Å². The normalized spacial score (nSPS) is 13.9. The lowest BCUT2D eigenvalue weighted by Crippen LogP contribution is -2.48. The Morgan fingerprint density at radius 1 is 1.50 bits per heavy atom. The zero-order chi connectivity index (χ0) is 13.8. The zero-order valence-corrected chi connectivity index (χ0v) is 10.2. The number of phenols is 1. The molecule has 1 amide bonds. The smallest absolute Gasteiger partial charge is 0.405 e. The first-order chi connectivity index (χ1) is 8.36. The van der Waals surface area contributed by atoms with Crippen LogP contribution in [0.3, 0.4) is 0 Å². The Hall–Kier alpha value is -1.95. The summed E-state index contributed by atoms with van der Waals surface area (Å²) in [7, 11) is 0. The summed E-state index contributed by atoms with van der Waals surface area (Å²) in [5.41, 5.74) is 5.83. The van der Waals surface area contributed by atoms with Crippen LogP contribution in [-0.4, -0.2) is 33.6 Å². The lowest BCUT2D eigenvalue weighted by molar-refractivity contribution is 0.141. The van der Waals surface area contributed by atoms with E-state index in [0.717, 1.165) is 5.56 Å². The van der Waals surface area contributed by atoms with Crippen molar-refractivity contribution in [2.45, 2.75) is 25.3 Å². The van der Waals surface area contributed by atoms with Gasteiger partial charge in [0, 0.05) is 0 Å². The Labute approximate surface area is 105 Å². The number of carbonyl (C=O) groups is 1. The number of aromatic hydroxyl groups is 1. The second-order valence-electron chi connectivity index (χ2n) is 4.54. The average molecular weight is 254 g/mol. The number of amides is 1. The predicted molar refractivity (Wildman–Crippen MR) is 67.5 cm³/mol. The fourth-order valence-corrected chi connectivity index (χ4v) is 1.62. The van der Waals surface area contributed by atoms with Gasteiger partial charge in [-0.2, -0.15) is 0 Å². The highest BCUT2D eigenvalue weighted by molar-refractivity contribution is 5.65. The average Bonchev–Trinajstić information content (AvgIpc) is 2.30. The van der Waals surface area contributed by atoms with Crippen LogP contribution in [0.15, 0.2) is 18.2 Å². The van der Waals surface area contributed by atoms with Gasteiger partial charge in [0.25, 0.3) is 0 Å². The van der Waals surface area contributed by atoms with Gasteiger partial charge in [-0.1, -0.05) is 6.07 Å². The van der Waals surface area contributed by atoms with Gasteiger partial charge in [0.1, 0.15) is 5.75 Å². The molecular weight excluding hydrogens is 236 g/mol. The van der Waals surface area contributed by atoms with Crippen molar-refractivity contribution in [2.75, 3.05) is 12.3 Å². The van der Waals surface area contributed by atoms with Crippen molar-refractivity contribution in [3.8, 4) is 5.75 Å². The van der Waals surface area contributed by atoms with Crippen molar-refractivity contribution in [2.24, 2.45) is 0 Å². The number of hydrogen-bond acceptors (Lipinski definition) is 4. The Morgan fingerprint density at radius 2 is 2.17 bits per heavy atom. The first-order valence-electron chi connectivity index (χ1n) is 5.55. The number of hydrogen-bond donors (Lipinski definition) is 5. The molecule has 1 rings (SSSR count). The van der Waals surface area contributed by atoms with E-state index in [1.54, 1.807) is 19.1 Å². The molecule has 6 heteroatoms. The molecule has 0 saturated carbocycles. The van der Waals surface area contributed by atoms with Crippen LogP contribution in [0.2, 0.25) is 0 Å². The third kappa shape index (κ3) is 3.81. The zero-order valence-electron chi connectivity index (χ0n) is 10.2. The van der Waals surface area contributed by atoms with Crippen LogP contribution in [-0.2, 0) is 6.42 Å². The van der Waals surface area contributed by atoms with E-state index in [9.17, 15) is 15.0 Å². The number of aliphatic hydroxyl groups excluding tert-OH is 1. The molecule has 6 nitrogen and oxygen atoms in total. The fourth-order valence-electron chi connectivity index (χ4n) is 1.62. The summed E-state index contributed by atoms with van der Waals surface area (Å²) >= 11 is 0. The molecule has 1 atom stereocenters. The Kier molecular flexibility index (Phi) is 4.38. The monoisotopic (exact) mass is 254 g/mol. The summed E-state index contributed by atoms with van der Waals surface area (Å²) in [5.74, 6) is 0.0207. The second-order valence-corrected chi connectivity index (χ2v) is 4.54. The molecule has 18 heavy (non-hydrogen) atoms. The SMILES string of the molecule is C[C@](CO)(CCc1ccc(O)c(N)c1)NC(=O)O. The summed E-state index contributed by atoms with van der Waals surface area (Å²) in [6.45, 7) is 1.34. The van der Waals surface area contributed by atoms with Crippen molar-refractivity contribution in [3.63, 3.8) is 0 Å². The fraction of sp³-hybridized carbons (Fsp3) is 0.417. The van der Waals surface area contributed by atoms with Crippen molar-refractivity contribution in [1.29, 1.82) is 0 Å². The summed E-state index contributed by atoms with van der Waals surface area (Å²) in [4.78, 5) is 10.6. The molecular formula is C12H18N2O4. The van der Waals surface area contributed by atoms with E-state index in [1.165, 1.54) is 6.07 Å². The van der Waals surface area contributed by atoms with Gasteiger partial charge in [0.15, 0.2) is 0 Å². The molecule has 0 saturated heterocycles. The number of aliphatic hydroxyl groups is 1. The van der Waals surface area contributed by atoms with E-state index >= 15 is 0 Å². The highest BCUT2D eigenvalue weighted by Gasteiger charge is 2.25. The highest BCUT2D eigenvalue weighted by Crippen LogP contribution is 2.22. The number of benzene rings is 1. The molecule has 0 aliphatic carbocycles. The highest BCUT2D eigenvalue weighted by atomic mass is 16.4. The topological polar surface area (TPSA) is 116 Å². The second kappa shape index (κ2) is 5.59. The summed E-state index contributed by atoms with van der Waals surface area (Å²) in [6.07, 6.45) is -0.196. The molecule has 0 spiro atoms. The lowest BCUT2D eigenvalue weighted by Gasteiger charge is -2.27. The molecule has 0 fully saturated rings. The van der Waals surface area contributed by atoms with E-state index in [1.807, 2.05) is 0 Å². The van der Waals surface area contributed by atoms with Gasteiger partial charge in [-0.05, 0) is 37.5 Å². The van der Waals surface area contributed by atoms with Crippen molar-refractivity contribution >= 4 is 11.8 Å². The Bertz CT molecular complexity index is 436. The molecule has 0 aromatic heterocycles. The largest absolute Gasteiger partial charge is 0.506 e. The number of anilines is 1. The van der Waals surface area contributed by atoms with E-state index in [2.05, 4.69) is 5.32 Å². The molecule has 0 bridgehead atoms. The minimum absolute atomic E-state index is 0.0207. The van der Waals surface area contributed by atoms with Crippen LogP contribution < -0.4 is 11.1 Å². The van der Waals surface area contributed by atoms with Crippen LogP contribution in [0.4, 0.5) is 10.5 Å². The van der Waals surface area contributed by atoms with Crippen LogP contribution in [0.25, 0.3) is 0 Å². The summed E-state index contributed by atoms with van der Waals surface area (Å²) in [5, 5.41) is 29.5. The standard InChI is InChI=1S/C12H18N2O4/c1-12(7-15,14-11(17)18)5-4-8-2-3-10(16)9(13)6-8/h2-3,6,14-16H,4-5,7,13H2,1H3,(H,17,18)/t12-/m1/s1. The number of carboxylic acid groups (broad SMARTS) is 1. The van der Waals surface area contributed by atoms with E-state index in [-0.39, 0.29) is 18.0 Å². The van der Waals surface area contributed by atoms with Gasteiger partial charge in [-0.25, -0.2) is 4.79 Å². The van der Waals surface area contributed by atoms with E-state index < -0.39 is 11.6 Å². The molecule has 0 radical (unpaired) electrons. The third-order valence-corrected chi connectivity index (χ3v) is 2.82. The van der Waals surface area contributed by atoms with Gasteiger partial charge < -0.3 is 26.4 Å². The Balaban J connectivity index is 2.67. The van der Waals surface area contributed by atoms with Crippen molar-refractivity contribution in [3.05, 3.63) is 23.8 Å². The maximum absolute atomic E-state index is 10.6.